The van der Waals surface area contributed by atoms with Gasteiger partial charge in [-0.05, 0) is 65.7 Å². The van der Waals surface area contributed by atoms with Crippen molar-refractivity contribution in [3.05, 3.63) is 145 Å². The molecular formula is C38H23ClN4. The lowest BCUT2D eigenvalue weighted by atomic mass is 10.0. The Morgan fingerprint density at radius 1 is 0.419 bits per heavy atom. The fraction of sp³-hybridized carbons (Fsp3) is 0. The fourth-order valence-corrected chi connectivity index (χ4v) is 6.72. The minimum atomic E-state index is 0.379. The van der Waals surface area contributed by atoms with Gasteiger partial charge in [0.2, 0.25) is 0 Å². The van der Waals surface area contributed by atoms with Crippen molar-refractivity contribution < 1.29 is 0 Å². The monoisotopic (exact) mass is 570 g/mol. The van der Waals surface area contributed by atoms with Gasteiger partial charge < -0.3 is 4.57 Å². The molecule has 0 atom stereocenters. The van der Waals surface area contributed by atoms with Crippen LogP contribution in [0.5, 0.6) is 0 Å². The molecule has 0 aliphatic rings. The number of aromatic nitrogens is 4. The number of hydrogen-bond donors (Lipinski definition) is 0. The van der Waals surface area contributed by atoms with Gasteiger partial charge in [0, 0.05) is 27.2 Å². The second-order valence-electron chi connectivity index (χ2n) is 10.8. The Hall–Kier alpha value is -5.45. The van der Waals surface area contributed by atoms with Crippen LogP contribution >= 0.6 is 11.6 Å². The lowest BCUT2D eigenvalue weighted by Gasteiger charge is -2.10. The summed E-state index contributed by atoms with van der Waals surface area (Å²) in [5.74, 6) is 0.633. The standard InChI is InChI=1S/C38H23ClN4/c39-37-38(41-32-15-7-6-14-31(32)40-37)43-34-17-9-5-13-28(34)30-22-24(19-21-35(30)43)25-18-20-29-27-12-4-8-16-33(27)42(36(29)23-25)26-10-2-1-3-11-26/h1-23H. The first-order valence-corrected chi connectivity index (χ1v) is 14.7. The molecule has 0 spiro atoms. The van der Waals surface area contributed by atoms with Gasteiger partial charge in [-0.2, -0.15) is 0 Å². The molecule has 5 heteroatoms. The summed E-state index contributed by atoms with van der Waals surface area (Å²) in [6.07, 6.45) is 0. The van der Waals surface area contributed by atoms with Gasteiger partial charge >= 0.3 is 0 Å². The predicted octanol–water partition coefficient (Wildman–Crippen LogP) is 10.1. The normalized spacial score (nSPS) is 11.8. The Kier molecular flexibility index (Phi) is 5.22. The summed E-state index contributed by atoms with van der Waals surface area (Å²) in [4.78, 5) is 9.63. The highest BCUT2D eigenvalue weighted by Gasteiger charge is 2.18. The molecule has 6 aromatic carbocycles. The molecule has 43 heavy (non-hydrogen) atoms. The Morgan fingerprint density at radius 2 is 0.977 bits per heavy atom. The van der Waals surface area contributed by atoms with E-state index in [4.69, 9.17) is 16.6 Å². The zero-order valence-corrected chi connectivity index (χ0v) is 23.7. The van der Waals surface area contributed by atoms with Crippen molar-refractivity contribution in [1.29, 1.82) is 0 Å². The molecule has 0 unspecified atom stereocenters. The number of nitrogens with zero attached hydrogens (tertiary/aromatic N) is 4. The summed E-state index contributed by atoms with van der Waals surface area (Å²) < 4.78 is 4.49. The molecule has 0 N–H and O–H groups in total. The maximum Gasteiger partial charge on any atom is 0.176 e. The lowest BCUT2D eigenvalue weighted by Crippen LogP contribution is -2.01. The second kappa shape index (κ2) is 9.28. The van der Waals surface area contributed by atoms with Gasteiger partial charge in [0.25, 0.3) is 0 Å². The molecule has 3 heterocycles. The van der Waals surface area contributed by atoms with Crippen LogP contribution in [0.15, 0.2) is 140 Å². The van der Waals surface area contributed by atoms with Crippen LogP contribution in [-0.2, 0) is 0 Å². The molecule has 4 nitrogen and oxygen atoms in total. The largest absolute Gasteiger partial charge is 0.309 e. The van der Waals surface area contributed by atoms with Gasteiger partial charge in [-0.1, -0.05) is 96.5 Å². The van der Waals surface area contributed by atoms with Crippen LogP contribution in [0.4, 0.5) is 0 Å². The maximum absolute atomic E-state index is 6.78. The van der Waals surface area contributed by atoms with Crippen LogP contribution in [0.3, 0.4) is 0 Å². The van der Waals surface area contributed by atoms with E-state index in [0.717, 1.165) is 49.7 Å². The third-order valence-electron chi connectivity index (χ3n) is 8.42. The Bertz CT molecular complexity index is 2520. The van der Waals surface area contributed by atoms with Crippen LogP contribution in [0.25, 0.3) is 77.3 Å². The number of halogens is 1. The average Bonchev–Trinajstić information content (AvgIpc) is 3.57. The van der Waals surface area contributed by atoms with Crippen molar-refractivity contribution in [3.8, 4) is 22.6 Å². The van der Waals surface area contributed by atoms with Crippen molar-refractivity contribution in [2.75, 3.05) is 0 Å². The maximum atomic E-state index is 6.78. The van der Waals surface area contributed by atoms with E-state index in [0.29, 0.717) is 11.0 Å². The third-order valence-corrected chi connectivity index (χ3v) is 8.67. The van der Waals surface area contributed by atoms with Crippen molar-refractivity contribution in [3.63, 3.8) is 0 Å². The topological polar surface area (TPSA) is 35.6 Å². The number of para-hydroxylation sites is 5. The van der Waals surface area contributed by atoms with E-state index in [-0.39, 0.29) is 0 Å². The predicted molar refractivity (Wildman–Crippen MR) is 179 cm³/mol. The molecule has 0 radical (unpaired) electrons. The van der Waals surface area contributed by atoms with Gasteiger partial charge in [0.05, 0.1) is 33.1 Å². The highest BCUT2D eigenvalue weighted by Crippen LogP contribution is 2.38. The van der Waals surface area contributed by atoms with E-state index in [2.05, 4.69) is 129 Å². The lowest BCUT2D eigenvalue weighted by molar-refractivity contribution is 1.08. The van der Waals surface area contributed by atoms with E-state index in [1.165, 1.54) is 21.8 Å². The van der Waals surface area contributed by atoms with E-state index < -0.39 is 0 Å². The molecule has 0 saturated carbocycles. The summed E-state index contributed by atoms with van der Waals surface area (Å²) in [5, 5.41) is 5.16. The zero-order chi connectivity index (χ0) is 28.5. The molecular weight excluding hydrogens is 548 g/mol. The van der Waals surface area contributed by atoms with E-state index in [1.54, 1.807) is 0 Å². The highest BCUT2D eigenvalue weighted by atomic mass is 35.5. The van der Waals surface area contributed by atoms with E-state index in [1.807, 2.05) is 24.3 Å². The average molecular weight is 571 g/mol. The van der Waals surface area contributed by atoms with Crippen LogP contribution in [0.2, 0.25) is 5.15 Å². The van der Waals surface area contributed by atoms with E-state index >= 15 is 0 Å². The summed E-state index contributed by atoms with van der Waals surface area (Å²) in [5.41, 5.74) is 9.52. The first-order chi connectivity index (χ1) is 21.2. The van der Waals surface area contributed by atoms with Crippen LogP contribution in [-0.4, -0.2) is 19.1 Å². The molecule has 0 fully saturated rings. The first kappa shape index (κ1) is 24.2. The van der Waals surface area contributed by atoms with Crippen molar-refractivity contribution >= 4 is 66.2 Å². The van der Waals surface area contributed by atoms with Crippen LogP contribution in [0.1, 0.15) is 0 Å². The number of rotatable bonds is 3. The molecule has 0 amide bonds. The Labute approximate surface area is 252 Å². The molecule has 0 aliphatic heterocycles. The minimum absolute atomic E-state index is 0.379. The van der Waals surface area contributed by atoms with Gasteiger partial charge in [0.15, 0.2) is 11.0 Å². The molecule has 9 rings (SSSR count). The van der Waals surface area contributed by atoms with E-state index in [9.17, 15) is 0 Å². The van der Waals surface area contributed by atoms with Crippen LogP contribution in [0, 0.1) is 0 Å². The quantitative estimate of drug-likeness (QED) is 0.212. The molecule has 0 bridgehead atoms. The third kappa shape index (κ3) is 3.64. The Morgan fingerprint density at radius 3 is 1.77 bits per heavy atom. The Balaban J connectivity index is 1.28. The summed E-state index contributed by atoms with van der Waals surface area (Å²) >= 11 is 6.78. The van der Waals surface area contributed by atoms with Gasteiger partial charge in [-0.3, -0.25) is 4.57 Å². The molecule has 9 aromatic rings. The number of fused-ring (bicyclic) bond motifs is 7. The van der Waals surface area contributed by atoms with Gasteiger partial charge in [-0.15, -0.1) is 0 Å². The minimum Gasteiger partial charge on any atom is -0.309 e. The zero-order valence-electron chi connectivity index (χ0n) is 22.9. The number of benzene rings is 6. The van der Waals surface area contributed by atoms with Gasteiger partial charge in [0.1, 0.15) is 0 Å². The van der Waals surface area contributed by atoms with Crippen LogP contribution < -0.4 is 0 Å². The van der Waals surface area contributed by atoms with Gasteiger partial charge in [-0.25, -0.2) is 9.97 Å². The van der Waals surface area contributed by atoms with Crippen molar-refractivity contribution in [2.24, 2.45) is 0 Å². The van der Waals surface area contributed by atoms with Crippen molar-refractivity contribution in [2.45, 2.75) is 0 Å². The number of hydrogen-bond acceptors (Lipinski definition) is 2. The molecule has 202 valence electrons. The molecule has 3 aromatic heterocycles. The smallest absolute Gasteiger partial charge is 0.176 e. The SMILES string of the molecule is Clc1nc2ccccc2nc1-n1c2ccccc2c2cc(-c3ccc4c5ccccc5n(-c5ccccc5)c4c3)ccc21. The highest BCUT2D eigenvalue weighted by molar-refractivity contribution is 6.31. The molecule has 0 aliphatic carbocycles. The molecule has 0 saturated heterocycles. The fourth-order valence-electron chi connectivity index (χ4n) is 6.50. The summed E-state index contributed by atoms with van der Waals surface area (Å²) in [7, 11) is 0. The first-order valence-electron chi connectivity index (χ1n) is 14.3. The second-order valence-corrected chi connectivity index (χ2v) is 11.2. The van der Waals surface area contributed by atoms with Crippen molar-refractivity contribution in [1.82, 2.24) is 19.1 Å². The summed E-state index contributed by atoms with van der Waals surface area (Å²) in [6, 6.07) is 48.9. The summed E-state index contributed by atoms with van der Waals surface area (Å²) in [6.45, 7) is 0.